The quantitative estimate of drug-likeness (QED) is 0.821. The third kappa shape index (κ3) is 3.78. The lowest BCUT2D eigenvalue weighted by atomic mass is 10.3. The Labute approximate surface area is 79.3 Å². The van der Waals surface area contributed by atoms with Gasteiger partial charge in [-0.05, 0) is 6.54 Å². The molecule has 1 heterocycles. The number of nitrogens with one attached hydrogen (secondary N) is 1. The van der Waals surface area contributed by atoms with Gasteiger partial charge in [-0.1, -0.05) is 6.92 Å². The van der Waals surface area contributed by atoms with Gasteiger partial charge < -0.3 is 9.73 Å². The molecule has 80 valence electrons. The first-order valence-electron chi connectivity index (χ1n) is 4.22. The minimum Gasteiger partial charge on any atom is -0.444 e. The summed E-state index contributed by atoms with van der Waals surface area (Å²) in [4.78, 5) is 3.71. The van der Waals surface area contributed by atoms with E-state index in [1.165, 1.54) is 0 Å². The van der Waals surface area contributed by atoms with E-state index in [9.17, 15) is 13.2 Å². The van der Waals surface area contributed by atoms with Crippen molar-refractivity contribution in [3.05, 3.63) is 17.8 Å². The van der Waals surface area contributed by atoms with Crippen LogP contribution in [0.4, 0.5) is 13.2 Å². The van der Waals surface area contributed by atoms with E-state index in [2.05, 4.69) is 10.3 Å². The summed E-state index contributed by atoms with van der Waals surface area (Å²) in [7, 11) is 0. The Kier molecular flexibility index (Phi) is 3.51. The second-order valence-electron chi connectivity index (χ2n) is 2.79. The van der Waals surface area contributed by atoms with Crippen LogP contribution in [0.3, 0.4) is 0 Å². The molecule has 0 unspecified atom stereocenters. The lowest BCUT2D eigenvalue weighted by molar-refractivity contribution is -0.130. The molecule has 0 fully saturated rings. The minimum atomic E-state index is -4.24. The van der Waals surface area contributed by atoms with Crippen molar-refractivity contribution in [2.75, 3.05) is 6.54 Å². The van der Waals surface area contributed by atoms with Gasteiger partial charge in [-0.2, -0.15) is 13.2 Å². The molecule has 1 aromatic heterocycles. The molecule has 0 spiro atoms. The molecule has 0 amide bonds. The summed E-state index contributed by atoms with van der Waals surface area (Å²) in [6.07, 6.45) is -4.19. The van der Waals surface area contributed by atoms with Crippen LogP contribution in [-0.2, 0) is 13.0 Å². The predicted molar refractivity (Wildman–Crippen MR) is 43.6 cm³/mol. The first kappa shape index (κ1) is 11.0. The van der Waals surface area contributed by atoms with Crippen molar-refractivity contribution in [3.63, 3.8) is 0 Å². The van der Waals surface area contributed by atoms with E-state index >= 15 is 0 Å². The fourth-order valence-electron chi connectivity index (χ4n) is 0.941. The van der Waals surface area contributed by atoms with Gasteiger partial charge in [-0.15, -0.1) is 0 Å². The zero-order valence-corrected chi connectivity index (χ0v) is 7.69. The van der Waals surface area contributed by atoms with Crippen LogP contribution in [0.1, 0.15) is 18.6 Å². The smallest absolute Gasteiger partial charge is 0.396 e. The molecule has 0 bridgehead atoms. The molecule has 0 aliphatic heterocycles. The molecule has 1 aromatic rings. The van der Waals surface area contributed by atoms with Crippen LogP contribution in [-0.4, -0.2) is 17.7 Å². The van der Waals surface area contributed by atoms with Gasteiger partial charge in [0.05, 0.1) is 12.7 Å². The Morgan fingerprint density at radius 1 is 1.50 bits per heavy atom. The summed E-state index contributed by atoms with van der Waals surface area (Å²) in [5.74, 6) is 0.136. The average molecular weight is 208 g/mol. The van der Waals surface area contributed by atoms with Gasteiger partial charge in [-0.3, -0.25) is 0 Å². The highest BCUT2D eigenvalue weighted by Crippen LogP contribution is 2.21. The Bertz CT molecular complexity index is 282. The van der Waals surface area contributed by atoms with E-state index in [1.54, 1.807) is 0 Å². The first-order valence-corrected chi connectivity index (χ1v) is 4.22. The standard InChI is InChI=1S/C8H11F3N2O/c1-2-12-5-7-13-4-6(14-7)3-8(9,10)11/h4,12H,2-3,5H2,1H3. The number of rotatable bonds is 4. The molecule has 1 rings (SSSR count). The number of hydrogen-bond acceptors (Lipinski definition) is 3. The van der Waals surface area contributed by atoms with Crippen molar-refractivity contribution in [1.82, 2.24) is 10.3 Å². The van der Waals surface area contributed by atoms with Gasteiger partial charge in [-0.25, -0.2) is 4.98 Å². The number of oxazole rings is 1. The number of aromatic nitrogens is 1. The van der Waals surface area contributed by atoms with Gasteiger partial charge in [0.15, 0.2) is 0 Å². The fraction of sp³-hybridized carbons (Fsp3) is 0.625. The van der Waals surface area contributed by atoms with Gasteiger partial charge in [0, 0.05) is 0 Å². The van der Waals surface area contributed by atoms with Crippen molar-refractivity contribution in [2.45, 2.75) is 26.1 Å². The molecule has 0 aromatic carbocycles. The number of halogens is 3. The van der Waals surface area contributed by atoms with Crippen molar-refractivity contribution in [1.29, 1.82) is 0 Å². The van der Waals surface area contributed by atoms with Gasteiger partial charge >= 0.3 is 6.18 Å². The molecule has 0 aliphatic carbocycles. The van der Waals surface area contributed by atoms with Crippen molar-refractivity contribution >= 4 is 0 Å². The number of alkyl halides is 3. The highest BCUT2D eigenvalue weighted by atomic mass is 19.4. The van der Waals surface area contributed by atoms with Crippen LogP contribution in [0, 0.1) is 0 Å². The van der Waals surface area contributed by atoms with E-state index in [-0.39, 0.29) is 11.7 Å². The van der Waals surface area contributed by atoms with Crippen LogP contribution < -0.4 is 5.32 Å². The van der Waals surface area contributed by atoms with E-state index in [0.29, 0.717) is 6.54 Å². The topological polar surface area (TPSA) is 38.1 Å². The normalized spacial score (nSPS) is 12.0. The molecule has 0 atom stereocenters. The van der Waals surface area contributed by atoms with Crippen LogP contribution in [0.5, 0.6) is 0 Å². The number of hydrogen-bond donors (Lipinski definition) is 1. The molecule has 1 N–H and O–H groups in total. The van der Waals surface area contributed by atoms with Crippen LogP contribution in [0.15, 0.2) is 10.6 Å². The second kappa shape index (κ2) is 4.45. The van der Waals surface area contributed by atoms with Crippen LogP contribution in [0.2, 0.25) is 0 Å². The van der Waals surface area contributed by atoms with Crippen molar-refractivity contribution < 1.29 is 17.6 Å². The summed E-state index contributed by atoms with van der Waals surface area (Å²) in [5.41, 5.74) is 0. The molecule has 14 heavy (non-hydrogen) atoms. The van der Waals surface area contributed by atoms with Gasteiger partial charge in [0.25, 0.3) is 0 Å². The molecule has 0 radical (unpaired) electrons. The maximum Gasteiger partial charge on any atom is 0.396 e. The first-order chi connectivity index (χ1) is 6.51. The highest BCUT2D eigenvalue weighted by molar-refractivity contribution is 4.95. The Morgan fingerprint density at radius 2 is 2.21 bits per heavy atom. The van der Waals surface area contributed by atoms with E-state index in [4.69, 9.17) is 4.42 Å². The zero-order valence-electron chi connectivity index (χ0n) is 7.69. The summed E-state index contributed by atoms with van der Waals surface area (Å²) in [5, 5.41) is 2.90. The van der Waals surface area contributed by atoms with E-state index in [1.807, 2.05) is 6.92 Å². The Balaban J connectivity index is 2.51. The van der Waals surface area contributed by atoms with E-state index < -0.39 is 12.6 Å². The Hall–Kier alpha value is -1.04. The fourth-order valence-corrected chi connectivity index (χ4v) is 0.941. The van der Waals surface area contributed by atoms with Crippen molar-refractivity contribution in [3.8, 4) is 0 Å². The molecular formula is C8H11F3N2O. The van der Waals surface area contributed by atoms with Crippen LogP contribution in [0.25, 0.3) is 0 Å². The minimum absolute atomic E-state index is 0.148. The maximum absolute atomic E-state index is 11.9. The summed E-state index contributed by atoms with van der Waals surface area (Å²) >= 11 is 0. The van der Waals surface area contributed by atoms with Crippen LogP contribution >= 0.6 is 0 Å². The largest absolute Gasteiger partial charge is 0.444 e. The highest BCUT2D eigenvalue weighted by Gasteiger charge is 2.29. The monoisotopic (exact) mass is 208 g/mol. The predicted octanol–water partition coefficient (Wildman–Crippen LogP) is 1.89. The molecule has 0 saturated carbocycles. The SMILES string of the molecule is CCNCc1ncc(CC(F)(F)F)o1. The van der Waals surface area contributed by atoms with Gasteiger partial charge in [0.1, 0.15) is 12.2 Å². The lowest BCUT2D eigenvalue weighted by Gasteiger charge is -2.01. The summed E-state index contributed by atoms with van der Waals surface area (Å²) in [6.45, 7) is 2.96. The molecular weight excluding hydrogens is 197 g/mol. The molecule has 6 heteroatoms. The number of nitrogens with zero attached hydrogens (tertiary/aromatic N) is 1. The average Bonchev–Trinajstić information content (AvgIpc) is 2.46. The molecule has 0 saturated heterocycles. The third-order valence-electron chi connectivity index (χ3n) is 1.50. The maximum atomic E-state index is 11.9. The molecule has 3 nitrogen and oxygen atoms in total. The lowest BCUT2D eigenvalue weighted by Crippen LogP contribution is -2.12. The third-order valence-corrected chi connectivity index (χ3v) is 1.50. The summed E-state index contributed by atoms with van der Waals surface area (Å²) < 4.78 is 40.6. The second-order valence-corrected chi connectivity index (χ2v) is 2.79. The zero-order chi connectivity index (χ0) is 10.6. The molecule has 0 aliphatic rings. The van der Waals surface area contributed by atoms with Crippen molar-refractivity contribution in [2.24, 2.45) is 0 Å². The Morgan fingerprint density at radius 3 is 2.79 bits per heavy atom. The van der Waals surface area contributed by atoms with Gasteiger partial charge in [0.2, 0.25) is 5.89 Å². The summed E-state index contributed by atoms with van der Waals surface area (Å²) in [6, 6.07) is 0. The van der Waals surface area contributed by atoms with E-state index in [0.717, 1.165) is 12.7 Å².